The maximum atomic E-state index is 13.3. The van der Waals surface area contributed by atoms with E-state index in [0.29, 0.717) is 19.7 Å². The zero-order valence-electron chi connectivity index (χ0n) is 12.8. The van der Waals surface area contributed by atoms with Gasteiger partial charge in [0.15, 0.2) is 0 Å². The van der Waals surface area contributed by atoms with Crippen LogP contribution in [0.1, 0.15) is 43.2 Å². The molecule has 23 heavy (non-hydrogen) atoms. The molecular weight excluding hydrogens is 305 g/mol. The maximum Gasteiger partial charge on any atom is 0.418 e. The Labute approximate surface area is 133 Å². The maximum absolute atomic E-state index is 13.3. The monoisotopic (exact) mass is 324 g/mol. The standard InChI is InChI=1S/C17H19F3N2O/c18-17(19,20)14-5-4-13(11-21)10-15(14)22-8-9-23-16(12-22)6-2-1-3-7-16/h4-5,10H,1-3,6-9,12H2. The van der Waals surface area contributed by atoms with Gasteiger partial charge in [-0.3, -0.25) is 0 Å². The van der Waals surface area contributed by atoms with Crippen molar-refractivity contribution in [3.05, 3.63) is 29.3 Å². The fraction of sp³-hybridized carbons (Fsp3) is 0.588. The molecule has 3 nitrogen and oxygen atoms in total. The van der Waals surface area contributed by atoms with E-state index in [1.807, 2.05) is 6.07 Å². The second kappa shape index (κ2) is 6.04. The molecule has 2 aliphatic rings. The number of morpholine rings is 1. The molecule has 0 bridgehead atoms. The van der Waals surface area contributed by atoms with Crippen molar-refractivity contribution >= 4 is 5.69 Å². The van der Waals surface area contributed by atoms with Crippen molar-refractivity contribution in [2.75, 3.05) is 24.6 Å². The number of hydrogen-bond donors (Lipinski definition) is 0. The van der Waals surface area contributed by atoms with Crippen molar-refractivity contribution in [2.24, 2.45) is 0 Å². The Hall–Kier alpha value is -1.74. The van der Waals surface area contributed by atoms with Crippen LogP contribution in [0.3, 0.4) is 0 Å². The van der Waals surface area contributed by atoms with Gasteiger partial charge in [0.2, 0.25) is 0 Å². The Balaban J connectivity index is 1.95. The largest absolute Gasteiger partial charge is 0.418 e. The molecule has 1 aromatic carbocycles. The van der Waals surface area contributed by atoms with Gasteiger partial charge in [-0.1, -0.05) is 19.3 Å². The molecule has 1 aliphatic heterocycles. The smallest absolute Gasteiger partial charge is 0.371 e. The Morgan fingerprint density at radius 2 is 1.91 bits per heavy atom. The van der Waals surface area contributed by atoms with E-state index in [0.717, 1.165) is 38.2 Å². The molecule has 0 radical (unpaired) electrons. The number of benzene rings is 1. The molecule has 0 unspecified atom stereocenters. The van der Waals surface area contributed by atoms with Gasteiger partial charge in [0.1, 0.15) is 0 Å². The average Bonchev–Trinajstić information content (AvgIpc) is 2.54. The number of rotatable bonds is 1. The first-order valence-corrected chi connectivity index (χ1v) is 7.94. The SMILES string of the molecule is N#Cc1ccc(C(F)(F)F)c(N2CCOC3(CCCCC3)C2)c1. The summed E-state index contributed by atoms with van der Waals surface area (Å²) in [5.74, 6) is 0. The van der Waals surface area contributed by atoms with Crippen LogP contribution in [0, 0.1) is 11.3 Å². The molecule has 1 saturated carbocycles. The van der Waals surface area contributed by atoms with Gasteiger partial charge in [-0.05, 0) is 31.0 Å². The van der Waals surface area contributed by atoms with E-state index in [-0.39, 0.29) is 16.9 Å². The predicted octanol–water partition coefficient (Wildman–Crippen LogP) is 4.12. The van der Waals surface area contributed by atoms with Crippen LogP contribution in [-0.4, -0.2) is 25.3 Å². The van der Waals surface area contributed by atoms with E-state index >= 15 is 0 Å². The second-order valence-electron chi connectivity index (χ2n) is 6.36. The first kappa shape index (κ1) is 16.1. The van der Waals surface area contributed by atoms with Crippen molar-refractivity contribution in [2.45, 2.75) is 43.9 Å². The highest BCUT2D eigenvalue weighted by Crippen LogP contribution is 2.41. The lowest BCUT2D eigenvalue weighted by Gasteiger charge is -2.46. The first-order chi connectivity index (χ1) is 10.9. The fourth-order valence-electron chi connectivity index (χ4n) is 3.65. The number of ether oxygens (including phenoxy) is 1. The van der Waals surface area contributed by atoms with Crippen LogP contribution in [0.25, 0.3) is 0 Å². The molecular formula is C17H19F3N2O. The summed E-state index contributed by atoms with van der Waals surface area (Å²) in [7, 11) is 0. The zero-order valence-corrected chi connectivity index (χ0v) is 12.8. The van der Waals surface area contributed by atoms with Gasteiger partial charge in [0.05, 0.1) is 35.1 Å². The highest BCUT2D eigenvalue weighted by atomic mass is 19.4. The van der Waals surface area contributed by atoms with Gasteiger partial charge < -0.3 is 9.64 Å². The summed E-state index contributed by atoms with van der Waals surface area (Å²) in [5.41, 5.74) is -0.659. The average molecular weight is 324 g/mol. The summed E-state index contributed by atoms with van der Waals surface area (Å²) >= 11 is 0. The Kier molecular flexibility index (Phi) is 4.24. The molecule has 3 rings (SSSR count). The van der Waals surface area contributed by atoms with Gasteiger partial charge in [0.25, 0.3) is 0 Å². The molecule has 1 aliphatic carbocycles. The minimum absolute atomic E-state index is 0.102. The Morgan fingerprint density at radius 1 is 1.17 bits per heavy atom. The molecule has 6 heteroatoms. The van der Waals surface area contributed by atoms with E-state index in [4.69, 9.17) is 10.00 Å². The molecule has 1 heterocycles. The summed E-state index contributed by atoms with van der Waals surface area (Å²) in [6.07, 6.45) is 0.617. The summed E-state index contributed by atoms with van der Waals surface area (Å²) < 4.78 is 45.9. The number of hydrogen-bond acceptors (Lipinski definition) is 3. The first-order valence-electron chi connectivity index (χ1n) is 7.94. The molecule has 1 aromatic rings. The number of alkyl halides is 3. The molecule has 124 valence electrons. The van der Waals surface area contributed by atoms with E-state index in [2.05, 4.69) is 0 Å². The van der Waals surface area contributed by atoms with Crippen LogP contribution in [0.4, 0.5) is 18.9 Å². The normalized spacial score (nSPS) is 21.2. The number of nitriles is 1. The number of anilines is 1. The molecule has 1 spiro atoms. The molecule has 0 amide bonds. The Morgan fingerprint density at radius 3 is 2.57 bits per heavy atom. The van der Waals surface area contributed by atoms with Crippen LogP contribution in [0.2, 0.25) is 0 Å². The van der Waals surface area contributed by atoms with Gasteiger partial charge in [-0.15, -0.1) is 0 Å². The molecule has 0 atom stereocenters. The lowest BCUT2D eigenvalue weighted by Crippen LogP contribution is -2.53. The lowest BCUT2D eigenvalue weighted by atomic mass is 9.83. The highest BCUT2D eigenvalue weighted by Gasteiger charge is 2.41. The summed E-state index contributed by atoms with van der Waals surface area (Å²) in [6, 6.07) is 5.52. The summed E-state index contributed by atoms with van der Waals surface area (Å²) in [4.78, 5) is 1.75. The third-order valence-corrected chi connectivity index (χ3v) is 4.79. The van der Waals surface area contributed by atoms with Crippen molar-refractivity contribution in [1.82, 2.24) is 0 Å². The van der Waals surface area contributed by atoms with Gasteiger partial charge >= 0.3 is 6.18 Å². The predicted molar refractivity (Wildman–Crippen MR) is 80.1 cm³/mol. The fourth-order valence-corrected chi connectivity index (χ4v) is 3.65. The third kappa shape index (κ3) is 3.30. The van der Waals surface area contributed by atoms with Crippen molar-refractivity contribution in [3.8, 4) is 6.07 Å². The second-order valence-corrected chi connectivity index (χ2v) is 6.36. The van der Waals surface area contributed by atoms with E-state index < -0.39 is 11.7 Å². The van der Waals surface area contributed by atoms with Crippen LogP contribution in [0.5, 0.6) is 0 Å². The molecule has 0 aromatic heterocycles. The zero-order chi connectivity index (χ0) is 16.5. The van der Waals surface area contributed by atoms with Gasteiger partial charge in [-0.25, -0.2) is 0 Å². The van der Waals surface area contributed by atoms with Crippen LogP contribution >= 0.6 is 0 Å². The van der Waals surface area contributed by atoms with E-state index in [1.54, 1.807) is 4.90 Å². The van der Waals surface area contributed by atoms with Crippen molar-refractivity contribution < 1.29 is 17.9 Å². The summed E-state index contributed by atoms with van der Waals surface area (Å²) in [6.45, 7) is 1.30. The van der Waals surface area contributed by atoms with Crippen molar-refractivity contribution in [3.63, 3.8) is 0 Å². The molecule has 0 N–H and O–H groups in total. The third-order valence-electron chi connectivity index (χ3n) is 4.79. The molecule has 2 fully saturated rings. The quantitative estimate of drug-likeness (QED) is 0.780. The number of halogens is 3. The minimum Gasteiger partial charge on any atom is -0.371 e. The van der Waals surface area contributed by atoms with E-state index in [9.17, 15) is 13.2 Å². The Bertz CT molecular complexity index is 610. The summed E-state index contributed by atoms with van der Waals surface area (Å²) in [5, 5.41) is 9.02. The van der Waals surface area contributed by atoms with E-state index in [1.165, 1.54) is 12.1 Å². The lowest BCUT2D eigenvalue weighted by molar-refractivity contribution is -0.137. The van der Waals surface area contributed by atoms with Crippen LogP contribution in [-0.2, 0) is 10.9 Å². The van der Waals surface area contributed by atoms with Crippen LogP contribution in [0.15, 0.2) is 18.2 Å². The van der Waals surface area contributed by atoms with Crippen LogP contribution < -0.4 is 4.90 Å². The molecule has 1 saturated heterocycles. The van der Waals surface area contributed by atoms with Crippen molar-refractivity contribution in [1.29, 1.82) is 5.26 Å². The topological polar surface area (TPSA) is 36.3 Å². The highest BCUT2D eigenvalue weighted by molar-refractivity contribution is 5.59. The number of nitrogens with zero attached hydrogens (tertiary/aromatic N) is 2. The van der Waals surface area contributed by atoms with Gasteiger partial charge in [0, 0.05) is 13.1 Å². The minimum atomic E-state index is -4.43. The van der Waals surface area contributed by atoms with Gasteiger partial charge in [-0.2, -0.15) is 18.4 Å².